The molecule has 20 heavy (non-hydrogen) atoms. The highest BCUT2D eigenvalue weighted by Gasteiger charge is 2.17. The first-order valence-corrected chi connectivity index (χ1v) is 6.91. The van der Waals surface area contributed by atoms with Crippen LogP contribution in [0.5, 0.6) is 0 Å². The number of rotatable bonds is 2. The van der Waals surface area contributed by atoms with Crippen LogP contribution in [0.4, 0.5) is 0 Å². The van der Waals surface area contributed by atoms with E-state index in [1.165, 1.54) is 0 Å². The lowest BCUT2D eigenvalue weighted by Gasteiger charge is -2.15. The zero-order valence-electron chi connectivity index (χ0n) is 11.3. The van der Waals surface area contributed by atoms with Crippen molar-refractivity contribution in [2.24, 2.45) is 0 Å². The van der Waals surface area contributed by atoms with Crippen molar-refractivity contribution in [2.45, 2.75) is 12.8 Å². The van der Waals surface area contributed by atoms with Gasteiger partial charge in [0.05, 0.1) is 0 Å². The van der Waals surface area contributed by atoms with Crippen LogP contribution in [-0.4, -0.2) is 5.78 Å². The molecular formula is C19H16O. The molecule has 0 unspecified atom stereocenters. The maximum Gasteiger partial charge on any atom is 0.163 e. The Labute approximate surface area is 119 Å². The molecule has 0 aromatic heterocycles. The van der Waals surface area contributed by atoms with Crippen LogP contribution in [-0.2, 0) is 4.79 Å². The topological polar surface area (TPSA) is 17.1 Å². The fraction of sp³-hybridized carbons (Fsp3) is 0.105. The van der Waals surface area contributed by atoms with Gasteiger partial charge in [-0.25, -0.2) is 0 Å². The predicted molar refractivity (Wildman–Crippen MR) is 82.3 cm³/mol. The van der Waals surface area contributed by atoms with Crippen molar-refractivity contribution < 1.29 is 4.79 Å². The van der Waals surface area contributed by atoms with E-state index in [1.807, 2.05) is 42.5 Å². The largest absolute Gasteiger partial charge is 0.294 e. The molecule has 0 aliphatic heterocycles. The Kier molecular flexibility index (Phi) is 3.60. The van der Waals surface area contributed by atoms with E-state index in [-0.39, 0.29) is 5.78 Å². The molecule has 98 valence electrons. The van der Waals surface area contributed by atoms with Gasteiger partial charge >= 0.3 is 0 Å². The maximum absolute atomic E-state index is 12.3. The van der Waals surface area contributed by atoms with Gasteiger partial charge in [0.1, 0.15) is 0 Å². The smallest absolute Gasteiger partial charge is 0.163 e. The van der Waals surface area contributed by atoms with E-state index < -0.39 is 0 Å². The molecule has 3 rings (SSSR count). The van der Waals surface area contributed by atoms with Gasteiger partial charge in [0.25, 0.3) is 0 Å². The van der Waals surface area contributed by atoms with Gasteiger partial charge in [0, 0.05) is 12.0 Å². The average Bonchev–Trinajstić information content (AvgIpc) is 2.52. The van der Waals surface area contributed by atoms with Gasteiger partial charge in [-0.2, -0.15) is 0 Å². The van der Waals surface area contributed by atoms with Crippen LogP contribution in [0, 0.1) is 0 Å². The monoisotopic (exact) mass is 260 g/mol. The highest BCUT2D eigenvalue weighted by molar-refractivity contribution is 6.08. The van der Waals surface area contributed by atoms with Crippen LogP contribution in [0.15, 0.2) is 78.4 Å². The van der Waals surface area contributed by atoms with Gasteiger partial charge in [0.2, 0.25) is 0 Å². The number of allylic oxidation sites excluding steroid dienone is 3. The van der Waals surface area contributed by atoms with E-state index in [1.54, 1.807) is 0 Å². The number of carbonyl (C=O) groups excluding carboxylic acids is 1. The Bertz CT molecular complexity index is 622. The fourth-order valence-corrected chi connectivity index (χ4v) is 2.55. The molecule has 0 atom stereocenters. The number of hydrogen-bond acceptors (Lipinski definition) is 1. The van der Waals surface area contributed by atoms with Crippen LogP contribution in [0.1, 0.15) is 24.0 Å². The van der Waals surface area contributed by atoms with Crippen molar-refractivity contribution in [1.29, 1.82) is 0 Å². The van der Waals surface area contributed by atoms with Crippen molar-refractivity contribution in [2.75, 3.05) is 0 Å². The van der Waals surface area contributed by atoms with Crippen LogP contribution < -0.4 is 0 Å². The molecule has 1 heteroatoms. The summed E-state index contributed by atoms with van der Waals surface area (Å²) in [5, 5.41) is 0. The van der Waals surface area contributed by atoms with Crippen molar-refractivity contribution in [1.82, 2.24) is 0 Å². The molecule has 0 N–H and O–H groups in total. The second-order valence-corrected chi connectivity index (χ2v) is 4.88. The first-order valence-electron chi connectivity index (χ1n) is 6.91. The summed E-state index contributed by atoms with van der Waals surface area (Å²) < 4.78 is 0. The summed E-state index contributed by atoms with van der Waals surface area (Å²) in [5.74, 6) is 0.232. The number of carbonyl (C=O) groups is 1. The SMILES string of the molecule is O=C1CCC=CC1=C(c1ccccc1)c1ccccc1. The molecule has 0 saturated heterocycles. The standard InChI is InChI=1S/C19H16O/c20-18-14-8-7-13-17(18)19(15-9-3-1-4-10-15)16-11-5-2-6-12-16/h1-7,9-13H,8,14H2. The van der Waals surface area contributed by atoms with Gasteiger partial charge in [-0.15, -0.1) is 0 Å². The molecule has 1 nitrogen and oxygen atoms in total. The third kappa shape index (κ3) is 2.48. The normalized spacial score (nSPS) is 14.4. The summed E-state index contributed by atoms with van der Waals surface area (Å²) in [5.41, 5.74) is 4.04. The highest BCUT2D eigenvalue weighted by Crippen LogP contribution is 2.30. The van der Waals surface area contributed by atoms with E-state index in [0.717, 1.165) is 28.7 Å². The summed E-state index contributed by atoms with van der Waals surface area (Å²) in [6.45, 7) is 0. The number of benzene rings is 2. The van der Waals surface area contributed by atoms with Crippen molar-refractivity contribution in [3.63, 3.8) is 0 Å². The van der Waals surface area contributed by atoms with Gasteiger partial charge in [-0.3, -0.25) is 4.79 Å². The van der Waals surface area contributed by atoms with Crippen LogP contribution >= 0.6 is 0 Å². The molecule has 2 aromatic rings. The lowest BCUT2D eigenvalue weighted by atomic mass is 9.88. The molecular weight excluding hydrogens is 244 g/mol. The predicted octanol–water partition coefficient (Wildman–Crippen LogP) is 4.41. The van der Waals surface area contributed by atoms with E-state index in [9.17, 15) is 4.79 Å². The van der Waals surface area contributed by atoms with E-state index >= 15 is 0 Å². The van der Waals surface area contributed by atoms with Crippen molar-refractivity contribution in [3.8, 4) is 0 Å². The van der Waals surface area contributed by atoms with Crippen LogP contribution in [0.2, 0.25) is 0 Å². The Morgan fingerprint density at radius 2 is 1.35 bits per heavy atom. The molecule has 1 aliphatic carbocycles. The molecule has 2 aromatic carbocycles. The Morgan fingerprint density at radius 1 is 0.800 bits per heavy atom. The molecule has 1 aliphatic rings. The van der Waals surface area contributed by atoms with Crippen LogP contribution in [0.3, 0.4) is 0 Å². The van der Waals surface area contributed by atoms with Gasteiger partial charge in [-0.05, 0) is 23.1 Å². The average molecular weight is 260 g/mol. The molecule has 0 heterocycles. The Balaban J connectivity index is 2.24. The van der Waals surface area contributed by atoms with Gasteiger partial charge in [0.15, 0.2) is 5.78 Å². The van der Waals surface area contributed by atoms with Crippen molar-refractivity contribution >= 4 is 11.4 Å². The number of Topliss-reactive ketones (excluding diaryl/α,β-unsaturated/α-hetero) is 1. The molecule has 0 amide bonds. The zero-order valence-corrected chi connectivity index (χ0v) is 11.3. The quantitative estimate of drug-likeness (QED) is 0.731. The number of hydrogen-bond donors (Lipinski definition) is 0. The summed E-state index contributed by atoms with van der Waals surface area (Å²) in [7, 11) is 0. The minimum atomic E-state index is 0.232. The summed E-state index contributed by atoms with van der Waals surface area (Å²) in [6, 6.07) is 20.3. The van der Waals surface area contributed by atoms with Gasteiger partial charge in [-0.1, -0.05) is 72.8 Å². The molecule has 0 spiro atoms. The molecule has 0 bridgehead atoms. The van der Waals surface area contributed by atoms with Crippen LogP contribution in [0.25, 0.3) is 5.57 Å². The zero-order chi connectivity index (χ0) is 13.8. The highest BCUT2D eigenvalue weighted by atomic mass is 16.1. The van der Waals surface area contributed by atoms with E-state index in [0.29, 0.717) is 6.42 Å². The van der Waals surface area contributed by atoms with E-state index in [4.69, 9.17) is 0 Å². The van der Waals surface area contributed by atoms with Crippen molar-refractivity contribution in [3.05, 3.63) is 89.5 Å². The fourth-order valence-electron chi connectivity index (χ4n) is 2.55. The Morgan fingerprint density at radius 3 is 1.85 bits per heavy atom. The summed E-state index contributed by atoms with van der Waals surface area (Å²) >= 11 is 0. The first-order chi connectivity index (χ1) is 9.86. The molecule has 0 fully saturated rings. The molecule has 0 radical (unpaired) electrons. The van der Waals surface area contributed by atoms with E-state index in [2.05, 4.69) is 30.3 Å². The molecule has 0 saturated carbocycles. The second-order valence-electron chi connectivity index (χ2n) is 4.88. The third-order valence-corrected chi connectivity index (χ3v) is 3.52. The number of ketones is 1. The summed E-state index contributed by atoms with van der Waals surface area (Å²) in [4.78, 5) is 12.3. The van der Waals surface area contributed by atoms with Gasteiger partial charge < -0.3 is 0 Å². The first kappa shape index (κ1) is 12.6. The lowest BCUT2D eigenvalue weighted by molar-refractivity contribution is -0.115. The minimum absolute atomic E-state index is 0.232. The third-order valence-electron chi connectivity index (χ3n) is 3.52. The summed E-state index contributed by atoms with van der Waals surface area (Å²) in [6.07, 6.45) is 5.51. The minimum Gasteiger partial charge on any atom is -0.294 e. The lowest BCUT2D eigenvalue weighted by Crippen LogP contribution is -2.07. The maximum atomic E-state index is 12.3. The second kappa shape index (κ2) is 5.70. The Hall–Kier alpha value is -2.41.